The number of aliphatic imine (C=N–C) groups is 2. The van der Waals surface area contributed by atoms with E-state index in [1.54, 1.807) is 6.20 Å². The first-order valence-electron chi connectivity index (χ1n) is 5.57. The molecule has 1 heterocycles. The number of halogens is 2. The normalized spacial score (nSPS) is 23.6. The van der Waals surface area contributed by atoms with Crippen molar-refractivity contribution in [3.05, 3.63) is 46.4 Å². The van der Waals surface area contributed by atoms with E-state index in [4.69, 9.17) is 23.2 Å². The van der Waals surface area contributed by atoms with Crippen LogP contribution in [0.5, 0.6) is 0 Å². The molecule has 1 aliphatic carbocycles. The van der Waals surface area contributed by atoms with Gasteiger partial charge in [0.25, 0.3) is 0 Å². The number of hydrogen-bond donors (Lipinski definition) is 1. The van der Waals surface area contributed by atoms with Gasteiger partial charge in [0.2, 0.25) is 0 Å². The van der Waals surface area contributed by atoms with E-state index < -0.39 is 0 Å². The molecule has 2 aliphatic rings. The van der Waals surface area contributed by atoms with Crippen molar-refractivity contribution in [2.24, 2.45) is 9.98 Å². The van der Waals surface area contributed by atoms with Crippen molar-refractivity contribution in [2.45, 2.75) is 12.8 Å². The molecule has 0 saturated heterocycles. The summed E-state index contributed by atoms with van der Waals surface area (Å²) in [5.41, 5.74) is 3.48. The van der Waals surface area contributed by atoms with Crippen LogP contribution in [0.2, 0.25) is 0 Å². The topological polar surface area (TPSA) is 36.8 Å². The highest BCUT2D eigenvalue weighted by Gasteiger charge is 2.20. The summed E-state index contributed by atoms with van der Waals surface area (Å²) >= 11 is 11.9. The van der Waals surface area contributed by atoms with Crippen LogP contribution in [0.25, 0.3) is 0 Å². The number of nitrogens with one attached hydrogen (secondary N) is 1. The number of alkyl halides is 1. The lowest BCUT2D eigenvalue weighted by Crippen LogP contribution is -2.11. The van der Waals surface area contributed by atoms with Gasteiger partial charge in [-0.1, -0.05) is 23.8 Å². The maximum atomic E-state index is 6.24. The number of allylic oxidation sites excluding steroid dienone is 4. The fourth-order valence-electron chi connectivity index (χ4n) is 1.86. The molecule has 1 aliphatic heterocycles. The molecular formula is C13H13Cl2N3. The summed E-state index contributed by atoms with van der Waals surface area (Å²) in [5, 5.41) is 4.09. The molecule has 2 rings (SSSR count). The summed E-state index contributed by atoms with van der Waals surface area (Å²) in [6.07, 6.45) is 9.52. The Balaban J connectivity index is 2.34. The van der Waals surface area contributed by atoms with Gasteiger partial charge in [-0.3, -0.25) is 9.98 Å². The second-order valence-electron chi connectivity index (χ2n) is 3.83. The first-order valence-corrected chi connectivity index (χ1v) is 6.48. The smallest absolute Gasteiger partial charge is 0.114 e. The first kappa shape index (κ1) is 13.1. The number of nitrogens with zero attached hydrogens (tertiary/aromatic N) is 2. The largest absolute Gasteiger partial charge is 0.352 e. The zero-order valence-corrected chi connectivity index (χ0v) is 11.3. The molecule has 0 spiro atoms. The molecule has 0 atom stereocenters. The highest BCUT2D eigenvalue weighted by molar-refractivity contribution is 6.30. The third-order valence-electron chi connectivity index (χ3n) is 2.67. The van der Waals surface area contributed by atoms with Gasteiger partial charge in [0.15, 0.2) is 0 Å². The molecule has 0 saturated carbocycles. The van der Waals surface area contributed by atoms with Crippen molar-refractivity contribution in [3.63, 3.8) is 0 Å². The zero-order chi connectivity index (χ0) is 13.0. The minimum absolute atomic E-state index is 0.206. The van der Waals surface area contributed by atoms with E-state index in [0.717, 1.165) is 40.6 Å². The summed E-state index contributed by atoms with van der Waals surface area (Å²) in [6, 6.07) is 0.206. The van der Waals surface area contributed by atoms with Crippen LogP contribution in [0.15, 0.2) is 56.4 Å². The van der Waals surface area contributed by atoms with E-state index >= 15 is 0 Å². The number of hydrogen-bond acceptors (Lipinski definition) is 3. The van der Waals surface area contributed by atoms with Crippen LogP contribution < -0.4 is 5.32 Å². The minimum Gasteiger partial charge on any atom is -0.352 e. The Bertz CT molecular complexity index is 510. The third kappa shape index (κ3) is 2.74. The second kappa shape index (κ2) is 6.03. The van der Waals surface area contributed by atoms with E-state index in [0.29, 0.717) is 0 Å². The van der Waals surface area contributed by atoms with Gasteiger partial charge in [0.1, 0.15) is 6.00 Å². The van der Waals surface area contributed by atoms with Crippen molar-refractivity contribution in [3.8, 4) is 0 Å². The van der Waals surface area contributed by atoms with Crippen LogP contribution in [0.4, 0.5) is 0 Å². The van der Waals surface area contributed by atoms with Gasteiger partial charge in [-0.2, -0.15) is 0 Å². The summed E-state index contributed by atoms with van der Waals surface area (Å²) in [5.74, 6) is 0. The second-order valence-corrected chi connectivity index (χ2v) is 4.53. The highest BCUT2D eigenvalue weighted by Crippen LogP contribution is 2.29. The average Bonchev–Trinajstić information content (AvgIpc) is 2.74. The Hall–Kier alpha value is -1.32. The van der Waals surface area contributed by atoms with Crippen molar-refractivity contribution in [1.29, 1.82) is 0 Å². The molecule has 0 bridgehead atoms. The molecule has 0 aromatic rings. The Morgan fingerprint density at radius 2 is 2.33 bits per heavy atom. The van der Waals surface area contributed by atoms with E-state index in [1.807, 2.05) is 12.2 Å². The van der Waals surface area contributed by atoms with Gasteiger partial charge < -0.3 is 5.32 Å². The average molecular weight is 282 g/mol. The summed E-state index contributed by atoms with van der Waals surface area (Å²) in [7, 11) is 0. The maximum Gasteiger partial charge on any atom is 0.114 e. The summed E-state index contributed by atoms with van der Waals surface area (Å²) in [4.78, 5) is 7.94. The Kier molecular flexibility index (Phi) is 4.39. The van der Waals surface area contributed by atoms with Crippen molar-refractivity contribution >= 4 is 35.6 Å². The van der Waals surface area contributed by atoms with Gasteiger partial charge in [0, 0.05) is 16.3 Å². The van der Waals surface area contributed by atoms with E-state index in [2.05, 4.69) is 28.1 Å². The fourth-order valence-corrected chi connectivity index (χ4v) is 2.26. The molecule has 0 radical (unpaired) electrons. The Morgan fingerprint density at radius 3 is 3.00 bits per heavy atom. The summed E-state index contributed by atoms with van der Waals surface area (Å²) < 4.78 is 0. The van der Waals surface area contributed by atoms with Crippen LogP contribution in [-0.2, 0) is 0 Å². The Labute approximate surface area is 116 Å². The monoisotopic (exact) mass is 281 g/mol. The fraction of sp³-hybridized carbons (Fsp3) is 0.231. The lowest BCUT2D eigenvalue weighted by atomic mass is 10.0. The molecular weight excluding hydrogens is 269 g/mol. The van der Waals surface area contributed by atoms with Crippen molar-refractivity contribution in [2.75, 3.05) is 6.00 Å². The molecule has 1 N–H and O–H groups in total. The van der Waals surface area contributed by atoms with Gasteiger partial charge >= 0.3 is 0 Å². The van der Waals surface area contributed by atoms with Crippen molar-refractivity contribution in [1.82, 2.24) is 5.32 Å². The van der Waals surface area contributed by atoms with Crippen LogP contribution in [-0.4, -0.2) is 18.4 Å². The molecule has 0 aromatic carbocycles. The predicted molar refractivity (Wildman–Crippen MR) is 78.3 cm³/mol. The molecule has 0 unspecified atom stereocenters. The zero-order valence-electron chi connectivity index (χ0n) is 9.79. The molecule has 0 fully saturated rings. The number of rotatable bonds is 3. The lowest BCUT2D eigenvalue weighted by Gasteiger charge is -2.12. The first-order chi connectivity index (χ1) is 8.76. The molecule has 0 amide bonds. The SMILES string of the molecule is C=N/C=C1/NC(C2=C(Cl)CCC=C2)=C/C1=N/CCl. The van der Waals surface area contributed by atoms with Gasteiger partial charge in [0.05, 0.1) is 17.6 Å². The maximum absolute atomic E-state index is 6.24. The van der Waals surface area contributed by atoms with E-state index in [1.165, 1.54) is 0 Å². The van der Waals surface area contributed by atoms with Crippen LogP contribution in [0.1, 0.15) is 12.8 Å². The molecule has 18 heavy (non-hydrogen) atoms. The van der Waals surface area contributed by atoms with Crippen LogP contribution in [0, 0.1) is 0 Å². The molecule has 0 aromatic heterocycles. The molecule has 3 nitrogen and oxygen atoms in total. The van der Waals surface area contributed by atoms with Gasteiger partial charge in [-0.05, 0) is 25.6 Å². The van der Waals surface area contributed by atoms with E-state index in [-0.39, 0.29) is 6.00 Å². The quantitative estimate of drug-likeness (QED) is 0.480. The van der Waals surface area contributed by atoms with Crippen LogP contribution in [0.3, 0.4) is 0 Å². The lowest BCUT2D eigenvalue weighted by molar-refractivity contribution is 0.974. The summed E-state index contributed by atoms with van der Waals surface area (Å²) in [6.45, 7) is 3.44. The predicted octanol–water partition coefficient (Wildman–Crippen LogP) is 3.50. The van der Waals surface area contributed by atoms with Crippen molar-refractivity contribution < 1.29 is 0 Å². The van der Waals surface area contributed by atoms with Gasteiger partial charge in [-0.15, -0.1) is 11.6 Å². The molecule has 5 heteroatoms. The third-order valence-corrected chi connectivity index (χ3v) is 3.19. The van der Waals surface area contributed by atoms with Crippen LogP contribution >= 0.6 is 23.2 Å². The highest BCUT2D eigenvalue weighted by atomic mass is 35.5. The molecule has 94 valence electrons. The minimum atomic E-state index is 0.206. The van der Waals surface area contributed by atoms with Gasteiger partial charge in [-0.25, -0.2) is 0 Å². The standard InChI is InChI=1S/C13H13Cl2N3/c1-16-7-13-12(17-8-14)6-11(18-13)9-4-2-3-5-10(9)15/h2,4,6-7,18H,1,3,5,8H2/b13-7+,17-12-. The Morgan fingerprint density at radius 1 is 1.50 bits per heavy atom. The van der Waals surface area contributed by atoms with E-state index in [9.17, 15) is 0 Å².